The number of aliphatic imine (C=N–C) groups is 1. The van der Waals surface area contributed by atoms with Crippen LogP contribution in [0.5, 0.6) is 0 Å². The highest BCUT2D eigenvalue weighted by Crippen LogP contribution is 2.18. The van der Waals surface area contributed by atoms with E-state index in [4.69, 9.17) is 5.73 Å². The van der Waals surface area contributed by atoms with E-state index in [9.17, 15) is 4.79 Å². The van der Waals surface area contributed by atoms with Crippen molar-refractivity contribution in [2.45, 2.75) is 79.1 Å². The first-order valence-corrected chi connectivity index (χ1v) is 10.1. The normalized spacial score (nSPS) is 13.5. The van der Waals surface area contributed by atoms with E-state index in [-0.39, 0.29) is 5.91 Å². The predicted molar refractivity (Wildman–Crippen MR) is 115 cm³/mol. The van der Waals surface area contributed by atoms with Gasteiger partial charge in [0.25, 0.3) is 5.91 Å². The Kier molecular flexibility index (Phi) is 11.0. The summed E-state index contributed by atoms with van der Waals surface area (Å²) in [7, 11) is 0. The van der Waals surface area contributed by atoms with Gasteiger partial charge in [-0.3, -0.25) is 9.78 Å². The number of rotatable bonds is 11. The number of hydrogen-bond donors (Lipinski definition) is 1. The van der Waals surface area contributed by atoms with Crippen LogP contribution in [0.4, 0.5) is 0 Å². The summed E-state index contributed by atoms with van der Waals surface area (Å²) >= 11 is 0. The Morgan fingerprint density at radius 2 is 1.89 bits per heavy atom. The number of unbranched alkanes of at least 4 members (excludes halogenated alkanes) is 1. The minimum absolute atomic E-state index is 0.207. The molecule has 148 valence electrons. The molecule has 1 rings (SSSR count). The third-order valence-corrected chi connectivity index (χ3v) is 4.47. The lowest BCUT2D eigenvalue weighted by atomic mass is 9.99. The van der Waals surface area contributed by atoms with Gasteiger partial charge >= 0.3 is 0 Å². The molecule has 27 heavy (non-hydrogen) atoms. The van der Waals surface area contributed by atoms with Crippen LogP contribution in [0.15, 0.2) is 52.3 Å². The number of amides is 1. The molecular weight excluding hydrogens is 334 g/mol. The fraction of sp³-hybridized carbons (Fsp3) is 0.522. The van der Waals surface area contributed by atoms with Gasteiger partial charge in [-0.1, -0.05) is 43.6 Å². The Bertz CT molecular complexity index is 672. The molecule has 2 N–H and O–H groups in total. The van der Waals surface area contributed by atoms with Crippen LogP contribution in [0.25, 0.3) is 0 Å². The summed E-state index contributed by atoms with van der Waals surface area (Å²) in [4.78, 5) is 20.9. The summed E-state index contributed by atoms with van der Waals surface area (Å²) in [5.41, 5.74) is 10.1. The van der Waals surface area contributed by atoms with Crippen molar-refractivity contribution in [1.29, 1.82) is 0 Å². The van der Waals surface area contributed by atoms with Gasteiger partial charge in [0.2, 0.25) is 0 Å². The van der Waals surface area contributed by atoms with Crippen molar-refractivity contribution in [1.82, 2.24) is 4.98 Å². The fourth-order valence-electron chi connectivity index (χ4n) is 2.98. The Morgan fingerprint density at radius 3 is 2.52 bits per heavy atom. The smallest absolute Gasteiger partial charge is 0.278 e. The van der Waals surface area contributed by atoms with Gasteiger partial charge in [0, 0.05) is 24.4 Å². The molecule has 4 nitrogen and oxygen atoms in total. The molecule has 0 atom stereocenters. The van der Waals surface area contributed by atoms with Gasteiger partial charge in [-0.15, -0.1) is 0 Å². The lowest BCUT2D eigenvalue weighted by Gasteiger charge is -2.08. The quantitative estimate of drug-likeness (QED) is 0.183. The van der Waals surface area contributed by atoms with E-state index in [1.165, 1.54) is 11.1 Å². The fourth-order valence-corrected chi connectivity index (χ4v) is 2.98. The minimum atomic E-state index is -0.207. The lowest BCUT2D eigenvalue weighted by molar-refractivity contribution is -0.114. The number of carbonyl (C=O) groups is 1. The highest BCUT2D eigenvalue weighted by Gasteiger charge is 2.11. The molecule has 1 amide bonds. The number of amidine groups is 1. The Labute approximate surface area is 164 Å². The standard InChI is InChI=1S/C23H35N3O/c1-5-10-19(4)21(23(27)26-22(24)11-6-2)16-18(3)12-7-8-13-20-14-9-15-25-17-20/h9,14-17H,5-8,10-13H2,1-4H3,(H2,24,26,27)/b18-16+,21-19+. The average Bonchev–Trinajstić information content (AvgIpc) is 2.64. The number of nitrogens with zero attached hydrogens (tertiary/aromatic N) is 2. The van der Waals surface area contributed by atoms with Crippen molar-refractivity contribution in [3.8, 4) is 0 Å². The van der Waals surface area contributed by atoms with E-state index in [1.807, 2.05) is 32.2 Å². The van der Waals surface area contributed by atoms with Gasteiger partial charge in [-0.05, 0) is 64.0 Å². The van der Waals surface area contributed by atoms with Crippen LogP contribution in [-0.2, 0) is 11.2 Å². The zero-order valence-corrected chi connectivity index (χ0v) is 17.4. The van der Waals surface area contributed by atoms with Gasteiger partial charge < -0.3 is 5.73 Å². The minimum Gasteiger partial charge on any atom is -0.387 e. The molecule has 4 heteroatoms. The number of aryl methyl sites for hydroxylation is 1. The zero-order chi connectivity index (χ0) is 20.1. The second-order valence-electron chi connectivity index (χ2n) is 7.16. The first-order valence-electron chi connectivity index (χ1n) is 10.1. The van der Waals surface area contributed by atoms with Crippen molar-refractivity contribution < 1.29 is 4.79 Å². The third kappa shape index (κ3) is 9.32. The molecule has 0 spiro atoms. The van der Waals surface area contributed by atoms with E-state index in [0.29, 0.717) is 17.8 Å². The predicted octanol–water partition coefficient (Wildman–Crippen LogP) is 5.54. The molecule has 0 aromatic carbocycles. The molecule has 1 aromatic rings. The van der Waals surface area contributed by atoms with Gasteiger partial charge in [0.15, 0.2) is 0 Å². The Hall–Kier alpha value is -2.23. The summed E-state index contributed by atoms with van der Waals surface area (Å²) in [6.07, 6.45) is 13.4. The molecule has 1 aromatic heterocycles. The summed E-state index contributed by atoms with van der Waals surface area (Å²) in [6, 6.07) is 4.09. The maximum Gasteiger partial charge on any atom is 0.278 e. The van der Waals surface area contributed by atoms with Crippen LogP contribution in [0.2, 0.25) is 0 Å². The van der Waals surface area contributed by atoms with Gasteiger partial charge in [-0.25, -0.2) is 0 Å². The summed E-state index contributed by atoms with van der Waals surface area (Å²) in [5, 5.41) is 0. The van der Waals surface area contributed by atoms with Crippen LogP contribution in [-0.4, -0.2) is 16.7 Å². The number of nitrogens with two attached hydrogens (primary N) is 1. The summed E-state index contributed by atoms with van der Waals surface area (Å²) < 4.78 is 0. The number of hydrogen-bond acceptors (Lipinski definition) is 2. The Morgan fingerprint density at radius 1 is 1.15 bits per heavy atom. The molecule has 0 unspecified atom stereocenters. The first-order chi connectivity index (χ1) is 13.0. The molecule has 0 aliphatic heterocycles. The Balaban J connectivity index is 2.73. The van der Waals surface area contributed by atoms with Gasteiger partial charge in [0.1, 0.15) is 5.84 Å². The highest BCUT2D eigenvalue weighted by molar-refractivity contribution is 6.04. The molecule has 0 bridgehead atoms. The van der Waals surface area contributed by atoms with Crippen molar-refractivity contribution in [3.05, 3.63) is 52.9 Å². The van der Waals surface area contributed by atoms with Gasteiger partial charge in [-0.2, -0.15) is 4.99 Å². The molecule has 0 aliphatic rings. The molecular formula is C23H35N3O. The van der Waals surface area contributed by atoms with Crippen molar-refractivity contribution in [2.24, 2.45) is 10.7 Å². The van der Waals surface area contributed by atoms with Crippen LogP contribution < -0.4 is 5.73 Å². The number of aromatic nitrogens is 1. The van der Waals surface area contributed by atoms with Crippen LogP contribution >= 0.6 is 0 Å². The summed E-state index contributed by atoms with van der Waals surface area (Å²) in [5.74, 6) is 0.216. The van der Waals surface area contributed by atoms with E-state index >= 15 is 0 Å². The van der Waals surface area contributed by atoms with E-state index in [2.05, 4.69) is 29.9 Å². The van der Waals surface area contributed by atoms with E-state index in [0.717, 1.165) is 50.5 Å². The first kappa shape index (κ1) is 22.8. The molecule has 0 saturated heterocycles. The maximum absolute atomic E-state index is 12.6. The zero-order valence-electron chi connectivity index (χ0n) is 17.4. The third-order valence-electron chi connectivity index (χ3n) is 4.47. The van der Waals surface area contributed by atoms with Crippen LogP contribution in [0.3, 0.4) is 0 Å². The number of carbonyl (C=O) groups excluding carboxylic acids is 1. The van der Waals surface area contributed by atoms with Crippen molar-refractivity contribution in [3.63, 3.8) is 0 Å². The van der Waals surface area contributed by atoms with Crippen LogP contribution in [0.1, 0.15) is 78.2 Å². The van der Waals surface area contributed by atoms with Crippen molar-refractivity contribution >= 4 is 11.7 Å². The highest BCUT2D eigenvalue weighted by atomic mass is 16.1. The van der Waals surface area contributed by atoms with Crippen molar-refractivity contribution in [2.75, 3.05) is 0 Å². The second kappa shape index (κ2) is 13.0. The molecule has 0 saturated carbocycles. The molecule has 0 radical (unpaired) electrons. The topological polar surface area (TPSA) is 68.3 Å². The number of pyridine rings is 1. The monoisotopic (exact) mass is 369 g/mol. The maximum atomic E-state index is 12.6. The van der Waals surface area contributed by atoms with Gasteiger partial charge in [0.05, 0.1) is 0 Å². The van der Waals surface area contributed by atoms with Crippen LogP contribution in [0, 0.1) is 0 Å². The average molecular weight is 370 g/mol. The lowest BCUT2D eigenvalue weighted by Crippen LogP contribution is -2.15. The number of allylic oxidation sites excluding steroid dienone is 2. The van der Waals surface area contributed by atoms with E-state index in [1.54, 1.807) is 6.20 Å². The SMILES string of the molecule is CCC/C(N)=N\C(=O)C(/C=C(\C)CCCCc1cccnc1)=C(\C)CCC. The second-order valence-corrected chi connectivity index (χ2v) is 7.16. The van der Waals surface area contributed by atoms with E-state index < -0.39 is 0 Å². The summed E-state index contributed by atoms with van der Waals surface area (Å²) in [6.45, 7) is 8.26. The molecule has 0 aliphatic carbocycles. The molecule has 1 heterocycles. The molecule has 0 fully saturated rings. The largest absolute Gasteiger partial charge is 0.387 e.